The summed E-state index contributed by atoms with van der Waals surface area (Å²) < 4.78 is 10.7. The van der Waals surface area contributed by atoms with Gasteiger partial charge in [0.15, 0.2) is 0 Å². The van der Waals surface area contributed by atoms with E-state index in [0.717, 1.165) is 13.0 Å². The van der Waals surface area contributed by atoms with Crippen molar-refractivity contribution < 1.29 is 14.3 Å². The average Bonchev–Trinajstić information content (AvgIpc) is 2.39. The number of nitrogens with two attached hydrogens (primary N) is 1. The molecule has 0 bridgehead atoms. The van der Waals surface area contributed by atoms with Gasteiger partial charge in [-0.1, -0.05) is 6.92 Å². The average molecular weight is 293 g/mol. The maximum atomic E-state index is 12.5. The van der Waals surface area contributed by atoms with E-state index in [9.17, 15) is 4.79 Å². The zero-order valence-electron chi connectivity index (χ0n) is 11.8. The van der Waals surface area contributed by atoms with Crippen LogP contribution in [0, 0.1) is 5.92 Å². The number of carbonyl (C=O) groups excluding carboxylic acids is 1. The SMILES string of the molecule is COC1CN(C(=O)C2(N)CCOCC2)CCC1C.Cl. The zero-order chi connectivity index (χ0) is 13.2. The molecule has 0 saturated carbocycles. The van der Waals surface area contributed by atoms with E-state index in [2.05, 4.69) is 6.92 Å². The first kappa shape index (κ1) is 16.7. The maximum absolute atomic E-state index is 12.5. The third kappa shape index (κ3) is 3.60. The number of ether oxygens (including phenoxy) is 2. The smallest absolute Gasteiger partial charge is 0.242 e. The van der Waals surface area contributed by atoms with Crippen molar-refractivity contribution >= 4 is 18.3 Å². The summed E-state index contributed by atoms with van der Waals surface area (Å²) in [6.07, 6.45) is 2.35. The fraction of sp³-hybridized carbons (Fsp3) is 0.923. The minimum absolute atomic E-state index is 0. The number of likely N-dealkylation sites (tertiary alicyclic amines) is 1. The second-order valence-electron chi connectivity index (χ2n) is 5.56. The topological polar surface area (TPSA) is 64.8 Å². The predicted octanol–water partition coefficient (Wildman–Crippen LogP) is 0.799. The van der Waals surface area contributed by atoms with E-state index in [1.165, 1.54) is 0 Å². The number of hydrogen-bond acceptors (Lipinski definition) is 4. The number of amides is 1. The van der Waals surface area contributed by atoms with Crippen LogP contribution < -0.4 is 5.73 Å². The van der Waals surface area contributed by atoms with Gasteiger partial charge in [-0.3, -0.25) is 4.79 Å². The van der Waals surface area contributed by atoms with E-state index < -0.39 is 5.54 Å². The van der Waals surface area contributed by atoms with Crippen molar-refractivity contribution in [2.45, 2.75) is 37.8 Å². The fourth-order valence-electron chi connectivity index (χ4n) is 2.79. The molecule has 2 heterocycles. The van der Waals surface area contributed by atoms with Gasteiger partial charge in [0.25, 0.3) is 0 Å². The summed E-state index contributed by atoms with van der Waals surface area (Å²) in [7, 11) is 1.71. The minimum atomic E-state index is -0.725. The molecule has 0 aromatic rings. The van der Waals surface area contributed by atoms with Crippen molar-refractivity contribution in [2.24, 2.45) is 11.7 Å². The first-order chi connectivity index (χ1) is 8.57. The molecule has 2 atom stereocenters. The Morgan fingerprint density at radius 1 is 1.42 bits per heavy atom. The number of halogens is 1. The summed E-state index contributed by atoms with van der Waals surface area (Å²) in [5.74, 6) is 0.571. The molecule has 6 heteroatoms. The third-order valence-electron chi connectivity index (χ3n) is 4.29. The molecule has 0 spiro atoms. The highest BCUT2D eigenvalue weighted by Crippen LogP contribution is 2.25. The molecule has 0 aromatic heterocycles. The monoisotopic (exact) mass is 292 g/mol. The van der Waals surface area contributed by atoms with Crippen LogP contribution in [-0.2, 0) is 14.3 Å². The largest absolute Gasteiger partial charge is 0.381 e. The Hall–Kier alpha value is -0.360. The lowest BCUT2D eigenvalue weighted by Crippen LogP contribution is -2.60. The molecule has 2 saturated heterocycles. The Balaban J connectivity index is 0.00000180. The Kier molecular flexibility index (Phi) is 6.05. The predicted molar refractivity (Wildman–Crippen MR) is 75.4 cm³/mol. The number of hydrogen-bond donors (Lipinski definition) is 1. The van der Waals surface area contributed by atoms with Gasteiger partial charge in [-0.2, -0.15) is 0 Å². The quantitative estimate of drug-likeness (QED) is 0.818. The van der Waals surface area contributed by atoms with Crippen molar-refractivity contribution in [3.63, 3.8) is 0 Å². The van der Waals surface area contributed by atoms with Gasteiger partial charge < -0.3 is 20.1 Å². The summed E-state index contributed by atoms with van der Waals surface area (Å²) in [5.41, 5.74) is 5.52. The molecule has 2 unspecified atom stereocenters. The van der Waals surface area contributed by atoms with E-state index in [4.69, 9.17) is 15.2 Å². The highest BCUT2D eigenvalue weighted by atomic mass is 35.5. The molecule has 2 N–H and O–H groups in total. The summed E-state index contributed by atoms with van der Waals surface area (Å²) in [6, 6.07) is 0. The molecule has 2 aliphatic heterocycles. The van der Waals surface area contributed by atoms with Gasteiger partial charge in [0.05, 0.1) is 11.6 Å². The number of methoxy groups -OCH3 is 1. The van der Waals surface area contributed by atoms with Crippen molar-refractivity contribution in [2.75, 3.05) is 33.4 Å². The standard InChI is InChI=1S/C13H24N2O3.ClH/c1-10-3-6-15(9-11(10)17-2)12(16)13(14)4-7-18-8-5-13;/h10-11H,3-9,14H2,1-2H3;1H. The molecule has 0 radical (unpaired) electrons. The lowest BCUT2D eigenvalue weighted by Gasteiger charge is -2.41. The van der Waals surface area contributed by atoms with E-state index in [1.54, 1.807) is 7.11 Å². The minimum Gasteiger partial charge on any atom is -0.381 e. The van der Waals surface area contributed by atoms with Crippen LogP contribution in [0.15, 0.2) is 0 Å². The van der Waals surface area contributed by atoms with E-state index in [0.29, 0.717) is 38.5 Å². The highest BCUT2D eigenvalue weighted by Gasteiger charge is 2.41. The van der Waals surface area contributed by atoms with E-state index >= 15 is 0 Å². The van der Waals surface area contributed by atoms with E-state index in [1.807, 2.05) is 4.90 Å². The zero-order valence-corrected chi connectivity index (χ0v) is 12.6. The second-order valence-corrected chi connectivity index (χ2v) is 5.56. The van der Waals surface area contributed by atoms with Gasteiger partial charge in [-0.05, 0) is 25.2 Å². The van der Waals surface area contributed by atoms with Crippen LogP contribution >= 0.6 is 12.4 Å². The third-order valence-corrected chi connectivity index (χ3v) is 4.29. The van der Waals surface area contributed by atoms with Gasteiger partial charge in [-0.25, -0.2) is 0 Å². The van der Waals surface area contributed by atoms with Crippen LogP contribution in [0.5, 0.6) is 0 Å². The van der Waals surface area contributed by atoms with Gasteiger partial charge in [0.2, 0.25) is 5.91 Å². The van der Waals surface area contributed by atoms with Crippen molar-refractivity contribution in [3.8, 4) is 0 Å². The summed E-state index contributed by atoms with van der Waals surface area (Å²) in [4.78, 5) is 14.4. The number of rotatable bonds is 2. The van der Waals surface area contributed by atoms with Gasteiger partial charge in [0, 0.05) is 33.4 Å². The number of nitrogens with zero attached hydrogens (tertiary/aromatic N) is 1. The molecule has 2 rings (SSSR count). The fourth-order valence-corrected chi connectivity index (χ4v) is 2.79. The summed E-state index contributed by atoms with van der Waals surface area (Å²) in [6.45, 7) is 4.79. The Morgan fingerprint density at radius 2 is 2.05 bits per heavy atom. The summed E-state index contributed by atoms with van der Waals surface area (Å²) >= 11 is 0. The van der Waals surface area contributed by atoms with E-state index in [-0.39, 0.29) is 24.4 Å². The van der Waals surface area contributed by atoms with Gasteiger partial charge in [0.1, 0.15) is 0 Å². The maximum Gasteiger partial charge on any atom is 0.242 e. The van der Waals surface area contributed by atoms with Crippen LogP contribution in [0.25, 0.3) is 0 Å². The van der Waals surface area contributed by atoms with Crippen LogP contribution in [0.3, 0.4) is 0 Å². The Bertz CT molecular complexity index is 308. The lowest BCUT2D eigenvalue weighted by atomic mass is 9.87. The molecule has 1 amide bonds. The molecule has 5 nitrogen and oxygen atoms in total. The first-order valence-corrected chi connectivity index (χ1v) is 6.75. The second kappa shape index (κ2) is 6.88. The first-order valence-electron chi connectivity index (χ1n) is 6.75. The normalized spacial score (nSPS) is 30.6. The number of carbonyl (C=O) groups is 1. The van der Waals surface area contributed by atoms with Crippen molar-refractivity contribution in [3.05, 3.63) is 0 Å². The molecular weight excluding hydrogens is 268 g/mol. The summed E-state index contributed by atoms with van der Waals surface area (Å²) in [5, 5.41) is 0. The van der Waals surface area contributed by atoms with Crippen molar-refractivity contribution in [1.29, 1.82) is 0 Å². The molecular formula is C13H25ClN2O3. The molecule has 0 aromatic carbocycles. The van der Waals surface area contributed by atoms with Crippen LogP contribution in [0.4, 0.5) is 0 Å². The lowest BCUT2D eigenvalue weighted by molar-refractivity contribution is -0.145. The van der Waals surface area contributed by atoms with Crippen LogP contribution in [0.1, 0.15) is 26.2 Å². The highest BCUT2D eigenvalue weighted by molar-refractivity contribution is 5.86. The Morgan fingerprint density at radius 3 is 2.63 bits per heavy atom. The van der Waals surface area contributed by atoms with Crippen LogP contribution in [0.2, 0.25) is 0 Å². The number of piperidine rings is 1. The molecule has 0 aliphatic carbocycles. The molecule has 2 fully saturated rings. The van der Waals surface area contributed by atoms with Gasteiger partial charge >= 0.3 is 0 Å². The molecule has 112 valence electrons. The van der Waals surface area contributed by atoms with Crippen LogP contribution in [-0.4, -0.2) is 55.9 Å². The van der Waals surface area contributed by atoms with Crippen molar-refractivity contribution in [1.82, 2.24) is 4.90 Å². The van der Waals surface area contributed by atoms with Gasteiger partial charge in [-0.15, -0.1) is 12.4 Å². The molecule has 19 heavy (non-hydrogen) atoms. The Labute approximate surface area is 121 Å². The molecule has 2 aliphatic rings.